The SMILES string of the molecule is O=c1[nH]c2cc(-c3nc(-c4ccc(Cl)cc4)no3)ccc2c(=O)n1-c1ccc(F)cc1. The molecular formula is C22H12ClFN4O3. The number of H-pyrrole nitrogens is 1. The van der Waals surface area contributed by atoms with Gasteiger partial charge in [0.15, 0.2) is 0 Å². The first-order valence-corrected chi connectivity index (χ1v) is 9.52. The van der Waals surface area contributed by atoms with Gasteiger partial charge in [-0.3, -0.25) is 4.79 Å². The number of nitrogens with one attached hydrogen (secondary N) is 1. The highest BCUT2D eigenvalue weighted by molar-refractivity contribution is 6.30. The summed E-state index contributed by atoms with van der Waals surface area (Å²) in [6.07, 6.45) is 0. The molecule has 1 N–H and O–H groups in total. The summed E-state index contributed by atoms with van der Waals surface area (Å²) in [5.74, 6) is 0.151. The summed E-state index contributed by atoms with van der Waals surface area (Å²) in [5, 5.41) is 4.85. The van der Waals surface area contributed by atoms with Gasteiger partial charge in [0, 0.05) is 16.1 Å². The van der Waals surface area contributed by atoms with Crippen molar-refractivity contribution in [2.24, 2.45) is 0 Å². The Bertz CT molecular complexity index is 1540. The van der Waals surface area contributed by atoms with E-state index in [1.165, 1.54) is 24.3 Å². The van der Waals surface area contributed by atoms with E-state index in [-0.39, 0.29) is 17.0 Å². The van der Waals surface area contributed by atoms with Crippen LogP contribution in [0.4, 0.5) is 4.39 Å². The van der Waals surface area contributed by atoms with E-state index < -0.39 is 17.1 Å². The monoisotopic (exact) mass is 434 g/mol. The zero-order valence-corrected chi connectivity index (χ0v) is 16.4. The van der Waals surface area contributed by atoms with Crippen LogP contribution >= 0.6 is 11.6 Å². The first-order valence-electron chi connectivity index (χ1n) is 9.15. The second-order valence-corrected chi connectivity index (χ2v) is 7.17. The average molecular weight is 435 g/mol. The highest BCUT2D eigenvalue weighted by atomic mass is 35.5. The number of benzene rings is 3. The van der Waals surface area contributed by atoms with Crippen LogP contribution in [0.1, 0.15) is 0 Å². The van der Waals surface area contributed by atoms with Crippen molar-refractivity contribution in [1.82, 2.24) is 19.7 Å². The molecule has 0 atom stereocenters. The van der Waals surface area contributed by atoms with Crippen molar-refractivity contribution in [3.8, 4) is 28.5 Å². The molecule has 152 valence electrons. The molecule has 31 heavy (non-hydrogen) atoms. The summed E-state index contributed by atoms with van der Waals surface area (Å²) in [6.45, 7) is 0. The average Bonchev–Trinajstić information content (AvgIpc) is 3.25. The van der Waals surface area contributed by atoms with E-state index in [9.17, 15) is 14.0 Å². The number of hydrogen-bond donors (Lipinski definition) is 1. The summed E-state index contributed by atoms with van der Waals surface area (Å²) >= 11 is 5.90. The van der Waals surface area contributed by atoms with Gasteiger partial charge in [-0.15, -0.1) is 0 Å². The van der Waals surface area contributed by atoms with Gasteiger partial charge in [0.25, 0.3) is 11.4 Å². The van der Waals surface area contributed by atoms with E-state index >= 15 is 0 Å². The summed E-state index contributed by atoms with van der Waals surface area (Å²) in [6, 6.07) is 16.9. The Labute approximate surface area is 178 Å². The number of halogens is 2. The standard InChI is InChI=1S/C22H12ClFN4O3/c23-14-4-1-12(2-5-14)19-26-20(31-27-19)13-3-10-17-18(11-13)25-22(30)28(21(17)29)16-8-6-15(24)7-9-16/h1-11H,(H,25,30). The number of nitrogens with zero attached hydrogens (tertiary/aromatic N) is 3. The molecule has 0 aliphatic rings. The summed E-state index contributed by atoms with van der Waals surface area (Å²) in [4.78, 5) is 32.5. The Hall–Kier alpha value is -4.04. The molecule has 0 saturated carbocycles. The minimum atomic E-state index is -0.645. The zero-order valence-electron chi connectivity index (χ0n) is 15.7. The van der Waals surface area contributed by atoms with Crippen molar-refractivity contribution in [3.05, 3.63) is 98.4 Å². The first-order chi connectivity index (χ1) is 15.0. The Balaban J connectivity index is 1.58. The molecule has 0 unspecified atom stereocenters. The number of rotatable bonds is 3. The zero-order chi connectivity index (χ0) is 21.5. The van der Waals surface area contributed by atoms with Crippen molar-refractivity contribution < 1.29 is 8.91 Å². The molecule has 2 aromatic heterocycles. The van der Waals surface area contributed by atoms with Gasteiger partial charge in [-0.1, -0.05) is 16.8 Å². The highest BCUT2D eigenvalue weighted by Gasteiger charge is 2.14. The fraction of sp³-hybridized carbons (Fsp3) is 0. The van der Waals surface area contributed by atoms with E-state index in [0.29, 0.717) is 21.9 Å². The summed E-state index contributed by atoms with van der Waals surface area (Å²) in [5.41, 5.74) is 0.684. The molecule has 2 heterocycles. The van der Waals surface area contributed by atoms with Gasteiger partial charge in [0.05, 0.1) is 16.6 Å². The Morgan fingerprint density at radius 3 is 2.39 bits per heavy atom. The molecule has 5 aromatic rings. The van der Waals surface area contributed by atoms with Crippen LogP contribution in [0.5, 0.6) is 0 Å². The Morgan fingerprint density at radius 2 is 1.65 bits per heavy atom. The Morgan fingerprint density at radius 1 is 0.935 bits per heavy atom. The van der Waals surface area contributed by atoms with Gasteiger partial charge in [-0.05, 0) is 66.7 Å². The smallest absolute Gasteiger partial charge is 0.333 e. The molecule has 0 spiro atoms. The van der Waals surface area contributed by atoms with E-state index in [4.69, 9.17) is 16.1 Å². The maximum absolute atomic E-state index is 13.2. The van der Waals surface area contributed by atoms with Crippen molar-refractivity contribution in [3.63, 3.8) is 0 Å². The molecule has 5 rings (SSSR count). The van der Waals surface area contributed by atoms with Crippen molar-refractivity contribution in [2.45, 2.75) is 0 Å². The normalized spacial score (nSPS) is 11.2. The summed E-state index contributed by atoms with van der Waals surface area (Å²) < 4.78 is 19.5. The number of fused-ring (bicyclic) bond motifs is 1. The molecule has 9 heteroatoms. The van der Waals surface area contributed by atoms with Gasteiger partial charge in [0.2, 0.25) is 5.82 Å². The molecule has 0 saturated heterocycles. The van der Waals surface area contributed by atoms with E-state index in [0.717, 1.165) is 10.1 Å². The molecular weight excluding hydrogens is 423 g/mol. The lowest BCUT2D eigenvalue weighted by Crippen LogP contribution is -2.33. The fourth-order valence-corrected chi connectivity index (χ4v) is 3.36. The van der Waals surface area contributed by atoms with Gasteiger partial charge < -0.3 is 9.51 Å². The minimum Gasteiger partial charge on any atom is -0.334 e. The third-order valence-electron chi connectivity index (χ3n) is 4.76. The third-order valence-corrected chi connectivity index (χ3v) is 5.01. The van der Waals surface area contributed by atoms with E-state index in [1.54, 1.807) is 42.5 Å². The predicted molar refractivity (Wildman–Crippen MR) is 114 cm³/mol. The highest BCUT2D eigenvalue weighted by Crippen LogP contribution is 2.25. The molecule has 3 aromatic carbocycles. The van der Waals surface area contributed by atoms with Crippen LogP contribution < -0.4 is 11.2 Å². The van der Waals surface area contributed by atoms with Gasteiger partial charge in [-0.25, -0.2) is 13.8 Å². The van der Waals surface area contributed by atoms with Crippen LogP contribution in [0.3, 0.4) is 0 Å². The number of hydrogen-bond acceptors (Lipinski definition) is 5. The van der Waals surface area contributed by atoms with Gasteiger partial charge in [-0.2, -0.15) is 4.98 Å². The largest absolute Gasteiger partial charge is 0.334 e. The van der Waals surface area contributed by atoms with Gasteiger partial charge in [0.1, 0.15) is 5.82 Å². The lowest BCUT2D eigenvalue weighted by molar-refractivity contribution is 0.432. The van der Waals surface area contributed by atoms with Crippen LogP contribution in [-0.4, -0.2) is 19.7 Å². The van der Waals surface area contributed by atoms with Crippen LogP contribution in [0.15, 0.2) is 80.8 Å². The van der Waals surface area contributed by atoms with Crippen LogP contribution in [-0.2, 0) is 0 Å². The molecule has 0 aliphatic carbocycles. The van der Waals surface area contributed by atoms with Crippen molar-refractivity contribution in [2.75, 3.05) is 0 Å². The molecule has 0 aliphatic heterocycles. The summed E-state index contributed by atoms with van der Waals surface area (Å²) in [7, 11) is 0. The number of aromatic amines is 1. The van der Waals surface area contributed by atoms with Crippen LogP contribution in [0.2, 0.25) is 5.02 Å². The second-order valence-electron chi connectivity index (χ2n) is 6.74. The number of aromatic nitrogens is 4. The predicted octanol–water partition coefficient (Wildman–Crippen LogP) is 4.19. The van der Waals surface area contributed by atoms with Gasteiger partial charge >= 0.3 is 5.69 Å². The van der Waals surface area contributed by atoms with E-state index in [2.05, 4.69) is 15.1 Å². The minimum absolute atomic E-state index is 0.232. The van der Waals surface area contributed by atoms with Crippen LogP contribution in [0, 0.1) is 5.82 Å². The van der Waals surface area contributed by atoms with Crippen LogP contribution in [0.25, 0.3) is 39.4 Å². The maximum Gasteiger partial charge on any atom is 0.333 e. The first kappa shape index (κ1) is 19.0. The molecule has 0 amide bonds. The lowest BCUT2D eigenvalue weighted by Gasteiger charge is -2.07. The molecule has 0 bridgehead atoms. The van der Waals surface area contributed by atoms with Crippen molar-refractivity contribution in [1.29, 1.82) is 0 Å². The topological polar surface area (TPSA) is 93.8 Å². The quantitative estimate of drug-likeness (QED) is 0.459. The lowest BCUT2D eigenvalue weighted by atomic mass is 10.1. The molecule has 0 fully saturated rings. The molecule has 0 radical (unpaired) electrons. The maximum atomic E-state index is 13.2. The molecule has 7 nitrogen and oxygen atoms in total. The third kappa shape index (κ3) is 3.43. The Kier molecular flexibility index (Phi) is 4.48. The van der Waals surface area contributed by atoms with Crippen molar-refractivity contribution >= 4 is 22.5 Å². The second kappa shape index (κ2) is 7.33. The van der Waals surface area contributed by atoms with E-state index in [1.807, 2.05) is 0 Å². The fourth-order valence-electron chi connectivity index (χ4n) is 3.23.